The lowest BCUT2D eigenvalue weighted by Gasteiger charge is -2.03. The monoisotopic (exact) mass is 246 g/mol. The second kappa shape index (κ2) is 9.87. The van der Waals surface area contributed by atoms with Crippen LogP contribution < -0.4 is 0 Å². The second-order valence-electron chi connectivity index (χ2n) is 5.09. The number of hydrogen-bond donors (Lipinski definition) is 0. The third-order valence-electron chi connectivity index (χ3n) is 3.41. The summed E-state index contributed by atoms with van der Waals surface area (Å²) < 4.78 is 0. The van der Waals surface area contributed by atoms with E-state index in [2.05, 4.69) is 13.0 Å². The van der Waals surface area contributed by atoms with Gasteiger partial charge in [0.05, 0.1) is 0 Å². The van der Waals surface area contributed by atoms with Crippen molar-refractivity contribution in [3.05, 3.63) is 35.4 Å². The Morgan fingerprint density at radius 3 is 2.28 bits per heavy atom. The van der Waals surface area contributed by atoms with Gasteiger partial charge >= 0.3 is 0 Å². The average molecular weight is 246 g/mol. The van der Waals surface area contributed by atoms with Gasteiger partial charge in [0, 0.05) is 5.56 Å². The molecule has 1 heteroatoms. The van der Waals surface area contributed by atoms with Gasteiger partial charge in [0.1, 0.15) is 6.29 Å². The molecule has 1 aromatic carbocycles. The van der Waals surface area contributed by atoms with Crippen LogP contribution in [0.15, 0.2) is 24.3 Å². The lowest BCUT2D eigenvalue weighted by atomic mass is 10.0. The fourth-order valence-electron chi connectivity index (χ4n) is 2.28. The maximum absolute atomic E-state index is 10.7. The zero-order valence-corrected chi connectivity index (χ0v) is 11.7. The van der Waals surface area contributed by atoms with E-state index in [9.17, 15) is 4.79 Å². The van der Waals surface area contributed by atoms with Gasteiger partial charge in [-0.3, -0.25) is 4.79 Å². The van der Waals surface area contributed by atoms with Crippen LogP contribution in [0, 0.1) is 0 Å². The van der Waals surface area contributed by atoms with E-state index >= 15 is 0 Å². The third kappa shape index (κ3) is 6.58. The molecule has 0 unspecified atom stereocenters. The van der Waals surface area contributed by atoms with Crippen molar-refractivity contribution in [2.75, 3.05) is 0 Å². The molecular weight excluding hydrogens is 220 g/mol. The van der Waals surface area contributed by atoms with Crippen LogP contribution in [-0.4, -0.2) is 6.29 Å². The Bertz CT molecular complexity index is 330. The van der Waals surface area contributed by atoms with Crippen LogP contribution in [0.2, 0.25) is 0 Å². The standard InChI is InChI=1S/C17H26O/c1-2-3-4-5-6-7-8-9-11-16-12-10-13-17(14-16)15-18/h10,12-15H,2-9,11H2,1H3. The summed E-state index contributed by atoms with van der Waals surface area (Å²) >= 11 is 0. The van der Waals surface area contributed by atoms with Crippen molar-refractivity contribution < 1.29 is 4.79 Å². The van der Waals surface area contributed by atoms with E-state index in [4.69, 9.17) is 0 Å². The first-order valence-corrected chi connectivity index (χ1v) is 7.41. The molecule has 0 aliphatic carbocycles. The fourth-order valence-corrected chi connectivity index (χ4v) is 2.28. The summed E-state index contributed by atoms with van der Waals surface area (Å²) in [5.41, 5.74) is 2.10. The highest BCUT2D eigenvalue weighted by molar-refractivity contribution is 5.74. The lowest BCUT2D eigenvalue weighted by molar-refractivity contribution is 0.112. The van der Waals surface area contributed by atoms with Gasteiger partial charge in [0.25, 0.3) is 0 Å². The van der Waals surface area contributed by atoms with Gasteiger partial charge < -0.3 is 0 Å². The van der Waals surface area contributed by atoms with Crippen molar-refractivity contribution >= 4 is 6.29 Å². The van der Waals surface area contributed by atoms with Gasteiger partial charge in [-0.05, 0) is 24.5 Å². The molecule has 1 aromatic rings. The summed E-state index contributed by atoms with van der Waals surface area (Å²) in [6.07, 6.45) is 12.9. The second-order valence-corrected chi connectivity index (χ2v) is 5.09. The topological polar surface area (TPSA) is 17.1 Å². The maximum Gasteiger partial charge on any atom is 0.150 e. The van der Waals surface area contributed by atoms with Crippen molar-refractivity contribution in [3.63, 3.8) is 0 Å². The minimum Gasteiger partial charge on any atom is -0.298 e. The Hall–Kier alpha value is -1.11. The number of aryl methyl sites for hydroxylation is 1. The molecule has 0 spiro atoms. The van der Waals surface area contributed by atoms with E-state index in [1.807, 2.05) is 18.2 Å². The molecule has 0 saturated heterocycles. The van der Waals surface area contributed by atoms with E-state index < -0.39 is 0 Å². The van der Waals surface area contributed by atoms with Gasteiger partial charge in [-0.2, -0.15) is 0 Å². The molecule has 0 radical (unpaired) electrons. The number of carbonyl (C=O) groups is 1. The number of carbonyl (C=O) groups excluding carboxylic acids is 1. The first kappa shape index (κ1) is 14.9. The minimum absolute atomic E-state index is 0.798. The van der Waals surface area contributed by atoms with Crippen molar-refractivity contribution in [2.24, 2.45) is 0 Å². The largest absolute Gasteiger partial charge is 0.298 e. The van der Waals surface area contributed by atoms with Gasteiger partial charge in [-0.15, -0.1) is 0 Å². The Morgan fingerprint density at radius 1 is 0.944 bits per heavy atom. The number of rotatable bonds is 10. The molecular formula is C17H26O. The highest BCUT2D eigenvalue weighted by Crippen LogP contribution is 2.12. The SMILES string of the molecule is CCCCCCCCCCc1cccc(C=O)c1. The average Bonchev–Trinajstić information content (AvgIpc) is 2.42. The molecule has 1 nitrogen and oxygen atoms in total. The number of benzene rings is 1. The predicted octanol–water partition coefficient (Wildman–Crippen LogP) is 5.18. The zero-order valence-electron chi connectivity index (χ0n) is 11.7. The summed E-state index contributed by atoms with van der Waals surface area (Å²) in [5.74, 6) is 0. The van der Waals surface area contributed by atoms with Gasteiger partial charge in [0.15, 0.2) is 0 Å². The molecule has 0 aromatic heterocycles. The maximum atomic E-state index is 10.7. The number of unbranched alkanes of at least 4 members (excludes halogenated alkanes) is 7. The van der Waals surface area contributed by atoms with Gasteiger partial charge in [0.2, 0.25) is 0 Å². The van der Waals surface area contributed by atoms with Crippen molar-refractivity contribution in [2.45, 2.75) is 64.7 Å². The quantitative estimate of drug-likeness (QED) is 0.410. The molecule has 100 valence electrons. The van der Waals surface area contributed by atoms with Gasteiger partial charge in [-0.1, -0.05) is 70.1 Å². The van der Waals surface area contributed by atoms with Gasteiger partial charge in [-0.25, -0.2) is 0 Å². The molecule has 0 fully saturated rings. The molecule has 0 N–H and O–H groups in total. The molecule has 0 aliphatic rings. The predicted molar refractivity (Wildman–Crippen MR) is 78.1 cm³/mol. The highest BCUT2D eigenvalue weighted by atomic mass is 16.1. The molecule has 0 bridgehead atoms. The Balaban J connectivity index is 2.05. The van der Waals surface area contributed by atoms with E-state index in [1.165, 1.54) is 56.9 Å². The Labute approximate surface area is 112 Å². The van der Waals surface area contributed by atoms with E-state index in [-0.39, 0.29) is 0 Å². The molecule has 18 heavy (non-hydrogen) atoms. The summed E-state index contributed by atoms with van der Waals surface area (Å²) in [7, 11) is 0. The number of hydrogen-bond acceptors (Lipinski definition) is 1. The number of aldehydes is 1. The van der Waals surface area contributed by atoms with E-state index in [1.54, 1.807) is 0 Å². The van der Waals surface area contributed by atoms with Crippen LogP contribution in [0.1, 0.15) is 74.2 Å². The normalized spacial score (nSPS) is 10.5. The van der Waals surface area contributed by atoms with Crippen LogP contribution >= 0.6 is 0 Å². The molecule has 0 heterocycles. The van der Waals surface area contributed by atoms with Crippen LogP contribution in [0.5, 0.6) is 0 Å². The molecule has 0 aliphatic heterocycles. The zero-order chi connectivity index (χ0) is 13.1. The van der Waals surface area contributed by atoms with E-state index in [0.29, 0.717) is 0 Å². The van der Waals surface area contributed by atoms with Crippen molar-refractivity contribution in [1.29, 1.82) is 0 Å². The summed E-state index contributed by atoms with van der Waals surface area (Å²) in [6.45, 7) is 2.26. The van der Waals surface area contributed by atoms with Crippen molar-refractivity contribution in [3.8, 4) is 0 Å². The first-order valence-electron chi connectivity index (χ1n) is 7.41. The van der Waals surface area contributed by atoms with Crippen LogP contribution in [0.4, 0.5) is 0 Å². The molecule has 0 saturated carbocycles. The summed E-state index contributed by atoms with van der Waals surface area (Å²) in [4.78, 5) is 10.7. The summed E-state index contributed by atoms with van der Waals surface area (Å²) in [5, 5.41) is 0. The molecule has 1 rings (SSSR count). The van der Waals surface area contributed by atoms with E-state index in [0.717, 1.165) is 18.3 Å². The lowest BCUT2D eigenvalue weighted by Crippen LogP contribution is -1.88. The van der Waals surface area contributed by atoms with Crippen molar-refractivity contribution in [1.82, 2.24) is 0 Å². The summed E-state index contributed by atoms with van der Waals surface area (Å²) in [6, 6.07) is 7.97. The molecule has 0 atom stereocenters. The highest BCUT2D eigenvalue weighted by Gasteiger charge is 1.96. The van der Waals surface area contributed by atoms with Crippen LogP contribution in [-0.2, 0) is 6.42 Å². The van der Waals surface area contributed by atoms with Crippen LogP contribution in [0.3, 0.4) is 0 Å². The smallest absolute Gasteiger partial charge is 0.150 e. The molecule has 0 amide bonds. The Kier molecular flexibility index (Phi) is 8.20. The Morgan fingerprint density at radius 2 is 1.61 bits per heavy atom. The fraction of sp³-hybridized carbons (Fsp3) is 0.588. The third-order valence-corrected chi connectivity index (χ3v) is 3.41. The first-order chi connectivity index (χ1) is 8.86. The van der Waals surface area contributed by atoms with Crippen LogP contribution in [0.25, 0.3) is 0 Å². The minimum atomic E-state index is 0.798.